The molecule has 0 bridgehead atoms. The Morgan fingerprint density at radius 3 is 2.70 bits per heavy atom. The lowest BCUT2D eigenvalue weighted by Gasteiger charge is -2.33. The number of nitrogens with zero attached hydrogens (tertiary/aromatic N) is 4. The van der Waals surface area contributed by atoms with E-state index in [0.29, 0.717) is 0 Å². The fourth-order valence-corrected chi connectivity index (χ4v) is 3.16. The van der Waals surface area contributed by atoms with Crippen LogP contribution in [0.5, 0.6) is 0 Å². The first kappa shape index (κ1) is 16.3. The van der Waals surface area contributed by atoms with Crippen LogP contribution in [0, 0.1) is 6.92 Å². The molecule has 23 heavy (non-hydrogen) atoms. The van der Waals surface area contributed by atoms with E-state index in [1.54, 1.807) is 0 Å². The van der Waals surface area contributed by atoms with Crippen LogP contribution in [-0.4, -0.2) is 60.9 Å². The minimum atomic E-state index is 0.787. The Balaban J connectivity index is 1.88. The average Bonchev–Trinajstić information content (AvgIpc) is 2.90. The van der Waals surface area contributed by atoms with Crippen molar-refractivity contribution in [2.45, 2.75) is 26.8 Å². The van der Waals surface area contributed by atoms with Gasteiger partial charge in [0.25, 0.3) is 0 Å². The van der Waals surface area contributed by atoms with Gasteiger partial charge in [-0.2, -0.15) is 0 Å². The van der Waals surface area contributed by atoms with Crippen molar-refractivity contribution in [3.05, 3.63) is 23.8 Å². The smallest absolute Gasteiger partial charge is 0.206 e. The molecule has 2 heterocycles. The Morgan fingerprint density at radius 2 is 1.96 bits per heavy atom. The largest absolute Gasteiger partial charge is 0.382 e. The number of anilines is 1. The van der Waals surface area contributed by atoms with E-state index >= 15 is 0 Å². The third kappa shape index (κ3) is 3.67. The second kappa shape index (κ2) is 7.32. The first-order valence-corrected chi connectivity index (χ1v) is 8.67. The molecule has 1 aliphatic heterocycles. The molecule has 5 nitrogen and oxygen atoms in total. The van der Waals surface area contributed by atoms with E-state index in [-0.39, 0.29) is 0 Å². The van der Waals surface area contributed by atoms with E-state index in [1.807, 2.05) is 6.92 Å². The van der Waals surface area contributed by atoms with Crippen LogP contribution in [0.15, 0.2) is 18.2 Å². The molecule has 0 amide bonds. The van der Waals surface area contributed by atoms with E-state index < -0.39 is 0 Å². The molecular weight excluding hydrogens is 288 g/mol. The van der Waals surface area contributed by atoms with Crippen molar-refractivity contribution in [3.63, 3.8) is 0 Å². The van der Waals surface area contributed by atoms with Gasteiger partial charge in [0.05, 0.1) is 11.0 Å². The number of rotatable bonds is 6. The molecule has 0 aliphatic carbocycles. The zero-order chi connectivity index (χ0) is 16.2. The predicted octanol–water partition coefficient (Wildman–Crippen LogP) is 2.52. The zero-order valence-corrected chi connectivity index (χ0v) is 14.6. The van der Waals surface area contributed by atoms with Crippen LogP contribution in [-0.2, 0) is 11.3 Å². The molecular formula is C18H28N4O. The fourth-order valence-electron chi connectivity index (χ4n) is 3.16. The highest BCUT2D eigenvalue weighted by atomic mass is 16.5. The third-order valence-electron chi connectivity index (χ3n) is 4.54. The van der Waals surface area contributed by atoms with Gasteiger partial charge in [0, 0.05) is 45.9 Å². The molecule has 1 aromatic heterocycles. The zero-order valence-electron chi connectivity index (χ0n) is 14.6. The van der Waals surface area contributed by atoms with E-state index in [1.165, 1.54) is 11.1 Å². The van der Waals surface area contributed by atoms with Gasteiger partial charge < -0.3 is 19.1 Å². The van der Waals surface area contributed by atoms with E-state index in [2.05, 4.69) is 46.5 Å². The summed E-state index contributed by atoms with van der Waals surface area (Å²) in [5.74, 6) is 1.12. The molecule has 3 rings (SSSR count). The van der Waals surface area contributed by atoms with Crippen molar-refractivity contribution in [3.8, 4) is 0 Å². The number of aryl methyl sites for hydroxylation is 2. The summed E-state index contributed by atoms with van der Waals surface area (Å²) in [5, 5.41) is 0. The summed E-state index contributed by atoms with van der Waals surface area (Å²) < 4.78 is 7.88. The lowest BCUT2D eigenvalue weighted by Crippen LogP contribution is -2.45. The maximum absolute atomic E-state index is 5.51. The van der Waals surface area contributed by atoms with Crippen LogP contribution < -0.4 is 4.90 Å². The molecule has 2 aromatic rings. The number of fused-ring (bicyclic) bond motifs is 1. The van der Waals surface area contributed by atoms with Crippen molar-refractivity contribution in [1.29, 1.82) is 0 Å². The predicted molar refractivity (Wildman–Crippen MR) is 95.3 cm³/mol. The molecule has 0 N–H and O–H groups in total. The number of ether oxygens (including phenoxy) is 1. The Kier molecular flexibility index (Phi) is 5.18. The van der Waals surface area contributed by atoms with Crippen LogP contribution in [0.3, 0.4) is 0 Å². The molecule has 5 heteroatoms. The molecule has 126 valence electrons. The van der Waals surface area contributed by atoms with Crippen molar-refractivity contribution >= 4 is 17.0 Å². The summed E-state index contributed by atoms with van der Waals surface area (Å²) in [5.41, 5.74) is 3.61. The summed E-state index contributed by atoms with van der Waals surface area (Å²) in [6.07, 6.45) is 1.02. The van der Waals surface area contributed by atoms with Gasteiger partial charge in [0.1, 0.15) is 0 Å². The van der Waals surface area contributed by atoms with Crippen LogP contribution in [0.25, 0.3) is 11.0 Å². The van der Waals surface area contributed by atoms with Gasteiger partial charge in [-0.15, -0.1) is 0 Å². The number of imidazole rings is 1. The van der Waals surface area contributed by atoms with Crippen LogP contribution in [0.1, 0.15) is 18.9 Å². The maximum atomic E-state index is 5.51. The Bertz CT molecular complexity index is 644. The highest BCUT2D eigenvalue weighted by Crippen LogP contribution is 2.25. The molecule has 0 radical (unpaired) electrons. The van der Waals surface area contributed by atoms with Crippen molar-refractivity contribution in [2.75, 3.05) is 51.3 Å². The summed E-state index contributed by atoms with van der Waals surface area (Å²) in [7, 11) is 2.19. The molecule has 1 saturated heterocycles. The van der Waals surface area contributed by atoms with Crippen molar-refractivity contribution in [2.24, 2.45) is 0 Å². The monoisotopic (exact) mass is 316 g/mol. The third-order valence-corrected chi connectivity index (χ3v) is 4.54. The average molecular weight is 316 g/mol. The van der Waals surface area contributed by atoms with Gasteiger partial charge in [-0.05, 0) is 45.0 Å². The normalized spacial score (nSPS) is 16.4. The number of piperazine rings is 1. The second-order valence-corrected chi connectivity index (χ2v) is 6.40. The van der Waals surface area contributed by atoms with Crippen molar-refractivity contribution in [1.82, 2.24) is 14.5 Å². The highest BCUT2D eigenvalue weighted by molar-refractivity contribution is 5.79. The lowest BCUT2D eigenvalue weighted by atomic mass is 10.2. The number of aromatic nitrogens is 2. The Morgan fingerprint density at radius 1 is 1.17 bits per heavy atom. The summed E-state index contributed by atoms with van der Waals surface area (Å²) in [6.45, 7) is 11.0. The second-order valence-electron chi connectivity index (χ2n) is 6.40. The van der Waals surface area contributed by atoms with E-state index in [4.69, 9.17) is 9.72 Å². The van der Waals surface area contributed by atoms with Gasteiger partial charge in [-0.1, -0.05) is 6.07 Å². The van der Waals surface area contributed by atoms with Crippen LogP contribution in [0.2, 0.25) is 0 Å². The van der Waals surface area contributed by atoms with Gasteiger partial charge in [0.2, 0.25) is 5.95 Å². The summed E-state index contributed by atoms with van der Waals surface area (Å²) in [6, 6.07) is 6.57. The minimum absolute atomic E-state index is 0.787. The van der Waals surface area contributed by atoms with Crippen LogP contribution in [0.4, 0.5) is 5.95 Å². The molecule has 1 aromatic carbocycles. The Labute approximate surface area is 138 Å². The number of hydrogen-bond donors (Lipinski definition) is 0. The van der Waals surface area contributed by atoms with Gasteiger partial charge in [-0.25, -0.2) is 4.98 Å². The summed E-state index contributed by atoms with van der Waals surface area (Å²) in [4.78, 5) is 9.75. The number of benzene rings is 1. The molecule has 0 saturated carbocycles. The molecule has 0 atom stereocenters. The van der Waals surface area contributed by atoms with E-state index in [0.717, 1.165) is 63.8 Å². The Hall–Kier alpha value is -1.59. The number of hydrogen-bond acceptors (Lipinski definition) is 4. The highest BCUT2D eigenvalue weighted by Gasteiger charge is 2.20. The topological polar surface area (TPSA) is 33.5 Å². The summed E-state index contributed by atoms with van der Waals surface area (Å²) >= 11 is 0. The first-order valence-electron chi connectivity index (χ1n) is 8.67. The van der Waals surface area contributed by atoms with E-state index in [9.17, 15) is 0 Å². The SMILES string of the molecule is CCOCCCn1c(N2CCN(C)CC2)nc2cc(C)ccc21. The van der Waals surface area contributed by atoms with Gasteiger partial charge in [0.15, 0.2) is 0 Å². The van der Waals surface area contributed by atoms with Crippen LogP contribution >= 0.6 is 0 Å². The van der Waals surface area contributed by atoms with Gasteiger partial charge in [-0.3, -0.25) is 0 Å². The maximum Gasteiger partial charge on any atom is 0.206 e. The van der Waals surface area contributed by atoms with Crippen molar-refractivity contribution < 1.29 is 4.74 Å². The molecule has 1 fully saturated rings. The quantitative estimate of drug-likeness (QED) is 0.767. The standard InChI is InChI=1S/C18H28N4O/c1-4-23-13-5-8-22-17-7-6-15(2)14-16(17)19-18(22)21-11-9-20(3)10-12-21/h6-7,14H,4-5,8-13H2,1-3H3. The lowest BCUT2D eigenvalue weighted by molar-refractivity contribution is 0.142. The van der Waals surface area contributed by atoms with Gasteiger partial charge >= 0.3 is 0 Å². The fraction of sp³-hybridized carbons (Fsp3) is 0.611. The molecule has 1 aliphatic rings. The minimum Gasteiger partial charge on any atom is -0.382 e. The molecule has 0 unspecified atom stereocenters. The molecule has 0 spiro atoms. The first-order chi connectivity index (χ1) is 11.2. The number of likely N-dealkylation sites (N-methyl/N-ethyl adjacent to an activating group) is 1.